The number of amides is 1. The second-order valence-corrected chi connectivity index (χ2v) is 10.4. The summed E-state index contributed by atoms with van der Waals surface area (Å²) < 4.78 is 29.1. The molecule has 1 fully saturated rings. The molecule has 0 saturated carbocycles. The number of carbonyl (C=O) groups excluding carboxylic acids is 1. The number of nitrogens with one attached hydrogen (secondary N) is 1. The summed E-state index contributed by atoms with van der Waals surface area (Å²) in [6.07, 6.45) is 4.30. The Balaban J connectivity index is 1.54. The van der Waals surface area contributed by atoms with E-state index in [1.165, 1.54) is 16.6 Å². The van der Waals surface area contributed by atoms with E-state index in [2.05, 4.69) is 22.3 Å². The molecule has 2 heterocycles. The number of rotatable bonds is 7. The standard InChI is InChI=1S/C25H30N4O3S/c1-27(18-20-11-5-3-6-12-20)23-14-8-7-13-22(23)26-25(30)24-17-21(19-28(24)2)33(31,32)29-15-9-4-10-16-29/h3,5-8,11-14,17,19H,4,9-10,15-16,18H2,1-2H3,(H,26,30). The molecule has 174 valence electrons. The largest absolute Gasteiger partial charge is 0.369 e. The maximum atomic E-state index is 13.1. The highest BCUT2D eigenvalue weighted by Crippen LogP contribution is 2.27. The summed E-state index contributed by atoms with van der Waals surface area (Å²) in [7, 11) is 0.0660. The molecule has 1 aliphatic rings. The van der Waals surface area contributed by atoms with Gasteiger partial charge in [0.15, 0.2) is 0 Å². The molecule has 0 unspecified atom stereocenters. The Hall–Kier alpha value is -3.10. The number of carbonyl (C=O) groups is 1. The minimum absolute atomic E-state index is 0.159. The third-order valence-corrected chi connectivity index (χ3v) is 7.86. The number of benzene rings is 2. The Kier molecular flexibility index (Phi) is 6.85. The van der Waals surface area contributed by atoms with Gasteiger partial charge in [-0.05, 0) is 36.6 Å². The van der Waals surface area contributed by atoms with Crippen LogP contribution in [0.15, 0.2) is 71.8 Å². The van der Waals surface area contributed by atoms with Crippen molar-refractivity contribution in [3.05, 3.63) is 78.1 Å². The monoisotopic (exact) mass is 466 g/mol. The number of aryl methyl sites for hydroxylation is 1. The summed E-state index contributed by atoms with van der Waals surface area (Å²) in [6.45, 7) is 1.75. The van der Waals surface area contributed by atoms with Crippen LogP contribution in [0.25, 0.3) is 0 Å². The number of aromatic nitrogens is 1. The van der Waals surface area contributed by atoms with Crippen LogP contribution in [0.3, 0.4) is 0 Å². The fourth-order valence-electron chi connectivity index (χ4n) is 4.20. The minimum atomic E-state index is -3.60. The van der Waals surface area contributed by atoms with Crippen molar-refractivity contribution in [3.63, 3.8) is 0 Å². The second-order valence-electron chi connectivity index (χ2n) is 8.45. The zero-order valence-corrected chi connectivity index (χ0v) is 19.9. The van der Waals surface area contributed by atoms with Crippen LogP contribution in [-0.4, -0.2) is 43.3 Å². The quantitative estimate of drug-likeness (QED) is 0.569. The van der Waals surface area contributed by atoms with Gasteiger partial charge in [0.1, 0.15) is 10.6 Å². The first-order valence-corrected chi connectivity index (χ1v) is 12.6. The Bertz CT molecular complexity index is 1220. The van der Waals surface area contributed by atoms with E-state index in [9.17, 15) is 13.2 Å². The topological polar surface area (TPSA) is 74.7 Å². The predicted octanol–water partition coefficient (Wildman–Crippen LogP) is 4.09. The Morgan fingerprint density at radius 2 is 1.67 bits per heavy atom. The summed E-state index contributed by atoms with van der Waals surface area (Å²) in [5.41, 5.74) is 3.01. The van der Waals surface area contributed by atoms with Crippen LogP contribution in [0.4, 0.5) is 11.4 Å². The van der Waals surface area contributed by atoms with E-state index in [1.807, 2.05) is 49.5 Å². The number of sulfonamides is 1. The highest BCUT2D eigenvalue weighted by Gasteiger charge is 2.28. The van der Waals surface area contributed by atoms with E-state index in [-0.39, 0.29) is 10.8 Å². The summed E-state index contributed by atoms with van der Waals surface area (Å²) in [5.74, 6) is -0.349. The highest BCUT2D eigenvalue weighted by molar-refractivity contribution is 7.89. The molecule has 1 aromatic heterocycles. The molecule has 1 saturated heterocycles. The van der Waals surface area contributed by atoms with Gasteiger partial charge in [0.05, 0.1) is 11.4 Å². The maximum absolute atomic E-state index is 13.1. The van der Waals surface area contributed by atoms with Crippen LogP contribution in [0.2, 0.25) is 0 Å². The van der Waals surface area contributed by atoms with Gasteiger partial charge in [-0.2, -0.15) is 4.31 Å². The number of para-hydroxylation sites is 2. The Morgan fingerprint density at radius 3 is 2.39 bits per heavy atom. The van der Waals surface area contributed by atoms with Crippen LogP contribution >= 0.6 is 0 Å². The van der Waals surface area contributed by atoms with E-state index < -0.39 is 10.0 Å². The average molecular weight is 467 g/mol. The van der Waals surface area contributed by atoms with Gasteiger partial charge in [0.25, 0.3) is 5.91 Å². The smallest absolute Gasteiger partial charge is 0.272 e. The van der Waals surface area contributed by atoms with Crippen molar-refractivity contribution in [3.8, 4) is 0 Å². The first kappa shape index (κ1) is 23.1. The van der Waals surface area contributed by atoms with Gasteiger partial charge >= 0.3 is 0 Å². The lowest BCUT2D eigenvalue weighted by atomic mass is 10.2. The molecule has 7 nitrogen and oxygen atoms in total. The molecule has 4 rings (SSSR count). The number of anilines is 2. The van der Waals surface area contributed by atoms with Gasteiger partial charge in [0, 0.05) is 39.9 Å². The summed E-state index contributed by atoms with van der Waals surface area (Å²) in [4.78, 5) is 15.4. The molecule has 0 bridgehead atoms. The van der Waals surface area contributed by atoms with Gasteiger partial charge in [0.2, 0.25) is 10.0 Å². The van der Waals surface area contributed by atoms with Crippen molar-refractivity contribution in [1.82, 2.24) is 8.87 Å². The van der Waals surface area contributed by atoms with Crippen molar-refractivity contribution >= 4 is 27.3 Å². The maximum Gasteiger partial charge on any atom is 0.272 e. The van der Waals surface area contributed by atoms with Crippen molar-refractivity contribution in [2.45, 2.75) is 30.7 Å². The van der Waals surface area contributed by atoms with Crippen LogP contribution < -0.4 is 10.2 Å². The van der Waals surface area contributed by atoms with Gasteiger partial charge in [-0.1, -0.05) is 48.9 Å². The lowest BCUT2D eigenvalue weighted by molar-refractivity contribution is 0.101. The van der Waals surface area contributed by atoms with Gasteiger partial charge in [-0.25, -0.2) is 8.42 Å². The van der Waals surface area contributed by atoms with Crippen LogP contribution in [0, 0.1) is 0 Å². The van der Waals surface area contributed by atoms with Crippen molar-refractivity contribution < 1.29 is 13.2 Å². The normalized spacial score (nSPS) is 14.7. The number of hydrogen-bond donors (Lipinski definition) is 1. The fourth-order valence-corrected chi connectivity index (χ4v) is 5.79. The molecule has 33 heavy (non-hydrogen) atoms. The second kappa shape index (κ2) is 9.80. The Labute approximate surface area is 195 Å². The number of piperidine rings is 1. The molecule has 0 aliphatic carbocycles. The molecule has 2 aromatic carbocycles. The van der Waals surface area contributed by atoms with Crippen LogP contribution in [0.1, 0.15) is 35.3 Å². The highest BCUT2D eigenvalue weighted by atomic mass is 32.2. The predicted molar refractivity (Wildman–Crippen MR) is 131 cm³/mol. The minimum Gasteiger partial charge on any atom is -0.369 e. The molecule has 8 heteroatoms. The third-order valence-electron chi connectivity index (χ3n) is 5.99. The molecular formula is C25H30N4O3S. The first-order valence-electron chi connectivity index (χ1n) is 11.2. The molecule has 0 atom stereocenters. The van der Waals surface area contributed by atoms with E-state index in [0.29, 0.717) is 31.0 Å². The summed E-state index contributed by atoms with van der Waals surface area (Å²) >= 11 is 0. The van der Waals surface area contributed by atoms with Crippen molar-refractivity contribution in [2.75, 3.05) is 30.4 Å². The van der Waals surface area contributed by atoms with Gasteiger partial charge in [-0.3, -0.25) is 4.79 Å². The fraction of sp³-hybridized carbons (Fsp3) is 0.320. The lowest BCUT2D eigenvalue weighted by Crippen LogP contribution is -2.35. The molecule has 3 aromatic rings. The van der Waals surface area contributed by atoms with Crippen molar-refractivity contribution in [1.29, 1.82) is 0 Å². The zero-order valence-electron chi connectivity index (χ0n) is 19.1. The molecule has 0 radical (unpaired) electrons. The van der Waals surface area contributed by atoms with E-state index >= 15 is 0 Å². The van der Waals surface area contributed by atoms with E-state index in [1.54, 1.807) is 11.6 Å². The summed E-state index contributed by atoms with van der Waals surface area (Å²) in [6, 6.07) is 19.2. The molecule has 1 aliphatic heterocycles. The van der Waals surface area contributed by atoms with Crippen LogP contribution in [0.5, 0.6) is 0 Å². The summed E-state index contributed by atoms with van der Waals surface area (Å²) in [5, 5.41) is 2.97. The van der Waals surface area contributed by atoms with Crippen molar-refractivity contribution in [2.24, 2.45) is 7.05 Å². The molecule has 1 amide bonds. The van der Waals surface area contributed by atoms with Gasteiger partial charge < -0.3 is 14.8 Å². The number of hydrogen-bond acceptors (Lipinski definition) is 4. The van der Waals surface area contributed by atoms with E-state index in [4.69, 9.17) is 0 Å². The number of nitrogens with zero attached hydrogens (tertiary/aromatic N) is 3. The van der Waals surface area contributed by atoms with Gasteiger partial charge in [-0.15, -0.1) is 0 Å². The van der Waals surface area contributed by atoms with E-state index in [0.717, 1.165) is 30.5 Å². The SMILES string of the molecule is CN(Cc1ccccc1)c1ccccc1NC(=O)c1cc(S(=O)(=O)N2CCCCC2)cn1C. The van der Waals surface area contributed by atoms with Crippen LogP contribution in [-0.2, 0) is 23.6 Å². The Morgan fingerprint density at radius 1 is 1.00 bits per heavy atom. The molecular weight excluding hydrogens is 436 g/mol. The average Bonchev–Trinajstić information content (AvgIpc) is 3.23. The molecule has 0 spiro atoms. The third kappa shape index (κ3) is 5.12. The lowest BCUT2D eigenvalue weighted by Gasteiger charge is -2.25. The molecule has 1 N–H and O–H groups in total. The zero-order chi connectivity index (χ0) is 23.4. The first-order chi connectivity index (χ1) is 15.9.